The van der Waals surface area contributed by atoms with Crippen molar-refractivity contribution in [2.75, 3.05) is 0 Å². The van der Waals surface area contributed by atoms with Crippen molar-refractivity contribution in [3.63, 3.8) is 0 Å². The first-order valence-corrected chi connectivity index (χ1v) is 10.4. The summed E-state index contributed by atoms with van der Waals surface area (Å²) in [6.07, 6.45) is 4.09. The van der Waals surface area contributed by atoms with E-state index in [1.165, 1.54) is 5.56 Å². The third-order valence-corrected chi connectivity index (χ3v) is 5.42. The van der Waals surface area contributed by atoms with E-state index in [-0.39, 0.29) is 5.91 Å². The SMILES string of the molecule is Cc1nc(-c2ccc(CC(=O)NCc3ccc(Cn4cccn4)cc3)cc2)cs1. The number of aromatic nitrogens is 3. The molecule has 146 valence electrons. The van der Waals surface area contributed by atoms with Crippen molar-refractivity contribution in [2.45, 2.75) is 26.4 Å². The van der Waals surface area contributed by atoms with Gasteiger partial charge in [-0.15, -0.1) is 11.3 Å². The lowest BCUT2D eigenvalue weighted by Crippen LogP contribution is -2.24. The van der Waals surface area contributed by atoms with E-state index in [1.54, 1.807) is 17.5 Å². The van der Waals surface area contributed by atoms with Crippen LogP contribution in [0.1, 0.15) is 21.7 Å². The first-order valence-electron chi connectivity index (χ1n) is 9.49. The van der Waals surface area contributed by atoms with Crippen LogP contribution in [-0.2, 0) is 24.3 Å². The van der Waals surface area contributed by atoms with E-state index in [0.29, 0.717) is 13.0 Å². The second-order valence-corrected chi connectivity index (χ2v) is 7.98. The highest BCUT2D eigenvalue weighted by Crippen LogP contribution is 2.21. The van der Waals surface area contributed by atoms with Crippen LogP contribution in [0.3, 0.4) is 0 Å². The number of carbonyl (C=O) groups is 1. The number of rotatable bonds is 7. The molecule has 0 aliphatic carbocycles. The van der Waals surface area contributed by atoms with Gasteiger partial charge in [-0.2, -0.15) is 5.10 Å². The van der Waals surface area contributed by atoms with Crippen LogP contribution in [0.4, 0.5) is 0 Å². The van der Waals surface area contributed by atoms with Gasteiger partial charge in [0.15, 0.2) is 0 Å². The molecule has 0 saturated heterocycles. The molecule has 0 atom stereocenters. The van der Waals surface area contributed by atoms with Gasteiger partial charge >= 0.3 is 0 Å². The van der Waals surface area contributed by atoms with Crippen molar-refractivity contribution in [1.82, 2.24) is 20.1 Å². The fourth-order valence-corrected chi connectivity index (χ4v) is 3.70. The summed E-state index contributed by atoms with van der Waals surface area (Å²) in [5.74, 6) is 0.0165. The number of thiazole rings is 1. The minimum atomic E-state index is 0.0165. The van der Waals surface area contributed by atoms with Crippen LogP contribution in [-0.4, -0.2) is 20.7 Å². The molecule has 29 heavy (non-hydrogen) atoms. The lowest BCUT2D eigenvalue weighted by atomic mass is 10.1. The van der Waals surface area contributed by atoms with Gasteiger partial charge in [0.25, 0.3) is 0 Å². The Labute approximate surface area is 174 Å². The van der Waals surface area contributed by atoms with Gasteiger partial charge in [0.1, 0.15) is 0 Å². The summed E-state index contributed by atoms with van der Waals surface area (Å²) < 4.78 is 1.89. The predicted octanol–water partition coefficient (Wildman–Crippen LogP) is 4.22. The van der Waals surface area contributed by atoms with Gasteiger partial charge in [0.05, 0.1) is 23.7 Å². The van der Waals surface area contributed by atoms with Crippen LogP contribution in [0.15, 0.2) is 72.4 Å². The van der Waals surface area contributed by atoms with Crippen LogP contribution in [0, 0.1) is 6.92 Å². The molecule has 0 aliphatic rings. The fourth-order valence-electron chi connectivity index (χ4n) is 3.08. The molecule has 6 heteroatoms. The summed E-state index contributed by atoms with van der Waals surface area (Å²) >= 11 is 1.64. The molecule has 0 fully saturated rings. The molecular weight excluding hydrogens is 380 g/mol. The smallest absolute Gasteiger partial charge is 0.224 e. The molecule has 0 radical (unpaired) electrons. The predicted molar refractivity (Wildman–Crippen MR) is 116 cm³/mol. The molecule has 4 aromatic rings. The van der Waals surface area contributed by atoms with Crippen LogP contribution in [0.5, 0.6) is 0 Å². The van der Waals surface area contributed by atoms with Crippen LogP contribution >= 0.6 is 11.3 Å². The first-order chi connectivity index (χ1) is 14.2. The fraction of sp³-hybridized carbons (Fsp3) is 0.174. The molecule has 4 rings (SSSR count). The Hall–Kier alpha value is -3.25. The molecule has 0 bridgehead atoms. The molecule has 0 spiro atoms. The standard InChI is InChI=1S/C23H22N4OS/c1-17-26-22(16-29-17)21-9-7-18(8-10-21)13-23(28)24-14-19-3-5-20(6-4-19)15-27-12-2-11-25-27/h2-12,16H,13-15H2,1H3,(H,24,28). The second kappa shape index (κ2) is 8.84. The Bertz CT molecular complexity index is 1070. The maximum absolute atomic E-state index is 12.3. The highest BCUT2D eigenvalue weighted by atomic mass is 32.1. The van der Waals surface area contributed by atoms with Crippen LogP contribution in [0.25, 0.3) is 11.3 Å². The van der Waals surface area contributed by atoms with Crippen LogP contribution < -0.4 is 5.32 Å². The third-order valence-electron chi connectivity index (χ3n) is 4.65. The second-order valence-electron chi connectivity index (χ2n) is 6.92. The van der Waals surface area contributed by atoms with E-state index < -0.39 is 0 Å². The normalized spacial score (nSPS) is 10.8. The molecule has 0 saturated carbocycles. The van der Waals surface area contributed by atoms with Gasteiger partial charge in [0, 0.05) is 29.9 Å². The van der Waals surface area contributed by atoms with E-state index in [0.717, 1.165) is 33.9 Å². The van der Waals surface area contributed by atoms with Gasteiger partial charge in [0.2, 0.25) is 5.91 Å². The lowest BCUT2D eigenvalue weighted by molar-refractivity contribution is -0.120. The van der Waals surface area contributed by atoms with E-state index in [2.05, 4.69) is 32.9 Å². The molecule has 2 heterocycles. The topological polar surface area (TPSA) is 59.8 Å². The van der Waals surface area contributed by atoms with Crippen molar-refractivity contribution >= 4 is 17.2 Å². The molecule has 1 N–H and O–H groups in total. The third kappa shape index (κ3) is 5.18. The Morgan fingerprint density at radius 3 is 2.41 bits per heavy atom. The molecule has 2 aromatic heterocycles. The van der Waals surface area contributed by atoms with E-state index in [1.807, 2.05) is 60.3 Å². The van der Waals surface area contributed by atoms with Crippen molar-refractivity contribution in [2.24, 2.45) is 0 Å². The van der Waals surface area contributed by atoms with Crippen molar-refractivity contribution < 1.29 is 4.79 Å². The summed E-state index contributed by atoms with van der Waals surface area (Å²) in [6.45, 7) is 3.27. The minimum absolute atomic E-state index is 0.0165. The molecule has 5 nitrogen and oxygen atoms in total. The zero-order valence-corrected chi connectivity index (χ0v) is 17.0. The summed E-state index contributed by atoms with van der Waals surface area (Å²) in [6, 6.07) is 18.2. The lowest BCUT2D eigenvalue weighted by Gasteiger charge is -2.08. The number of nitrogens with one attached hydrogen (secondary N) is 1. The average Bonchev–Trinajstić information content (AvgIpc) is 3.40. The number of nitrogens with zero attached hydrogens (tertiary/aromatic N) is 3. The summed E-state index contributed by atoms with van der Waals surface area (Å²) in [4.78, 5) is 16.8. The number of benzene rings is 2. The zero-order valence-electron chi connectivity index (χ0n) is 16.2. The number of amides is 1. The molecule has 1 amide bonds. The molecule has 0 unspecified atom stereocenters. The largest absolute Gasteiger partial charge is 0.352 e. The van der Waals surface area contributed by atoms with Crippen molar-refractivity contribution in [1.29, 1.82) is 0 Å². The average molecular weight is 403 g/mol. The molecule has 2 aromatic carbocycles. The maximum atomic E-state index is 12.3. The molecular formula is C23H22N4OS. The summed E-state index contributed by atoms with van der Waals surface area (Å²) in [5, 5.41) is 10.3. The zero-order chi connectivity index (χ0) is 20.1. The number of hydrogen-bond acceptors (Lipinski definition) is 4. The van der Waals surface area contributed by atoms with Gasteiger partial charge in [-0.05, 0) is 29.7 Å². The van der Waals surface area contributed by atoms with Crippen LogP contribution in [0.2, 0.25) is 0 Å². The summed E-state index contributed by atoms with van der Waals surface area (Å²) in [5.41, 5.74) is 5.32. The first kappa shape index (κ1) is 19.1. The van der Waals surface area contributed by atoms with Gasteiger partial charge in [-0.1, -0.05) is 48.5 Å². The number of carbonyl (C=O) groups excluding carboxylic acids is 1. The maximum Gasteiger partial charge on any atom is 0.224 e. The Balaban J connectivity index is 1.27. The van der Waals surface area contributed by atoms with E-state index in [9.17, 15) is 4.79 Å². The highest BCUT2D eigenvalue weighted by Gasteiger charge is 2.06. The molecule has 0 aliphatic heterocycles. The Morgan fingerprint density at radius 2 is 1.76 bits per heavy atom. The van der Waals surface area contributed by atoms with Crippen molar-refractivity contribution in [3.05, 3.63) is 94.1 Å². The Morgan fingerprint density at radius 1 is 1.03 bits per heavy atom. The summed E-state index contributed by atoms with van der Waals surface area (Å²) in [7, 11) is 0. The van der Waals surface area contributed by atoms with E-state index >= 15 is 0 Å². The van der Waals surface area contributed by atoms with Gasteiger partial charge < -0.3 is 5.32 Å². The monoisotopic (exact) mass is 402 g/mol. The highest BCUT2D eigenvalue weighted by molar-refractivity contribution is 7.09. The van der Waals surface area contributed by atoms with Gasteiger partial charge in [-0.25, -0.2) is 4.98 Å². The van der Waals surface area contributed by atoms with Gasteiger partial charge in [-0.3, -0.25) is 9.48 Å². The quantitative estimate of drug-likeness (QED) is 0.503. The van der Waals surface area contributed by atoms with Crippen molar-refractivity contribution in [3.8, 4) is 11.3 Å². The number of hydrogen-bond donors (Lipinski definition) is 1. The van der Waals surface area contributed by atoms with E-state index in [4.69, 9.17) is 0 Å². The Kier molecular flexibility index (Phi) is 5.81. The number of aryl methyl sites for hydroxylation is 1. The minimum Gasteiger partial charge on any atom is -0.352 e.